The zero-order chi connectivity index (χ0) is 27.4. The van der Waals surface area contributed by atoms with E-state index in [1.807, 2.05) is 18.2 Å². The quantitative estimate of drug-likeness (QED) is 0.272. The highest BCUT2D eigenvalue weighted by Gasteiger charge is 2.53. The summed E-state index contributed by atoms with van der Waals surface area (Å²) < 4.78 is 30.4. The molecule has 16 heteroatoms. The minimum absolute atomic E-state index is 0.0420. The molecule has 1 saturated heterocycles. The van der Waals surface area contributed by atoms with E-state index in [2.05, 4.69) is 25.8 Å². The number of tetrazole rings is 1. The second kappa shape index (κ2) is 11.3. The van der Waals surface area contributed by atoms with E-state index in [1.54, 1.807) is 10.7 Å². The van der Waals surface area contributed by atoms with Crippen molar-refractivity contribution in [1.82, 2.24) is 35.2 Å². The molecule has 1 fully saturated rings. The Morgan fingerprint density at radius 1 is 0.842 bits per heavy atom. The number of carbonyl (C=O) groups excluding carboxylic acids is 4. The maximum atomic E-state index is 12.1. The molecule has 0 saturated carbocycles. The fourth-order valence-corrected chi connectivity index (χ4v) is 4.08. The molecule has 0 radical (unpaired) electrons. The number of esters is 4. The summed E-state index contributed by atoms with van der Waals surface area (Å²) in [6.45, 7) is 4.28. The van der Waals surface area contributed by atoms with Crippen molar-refractivity contribution < 1.29 is 42.9 Å². The van der Waals surface area contributed by atoms with E-state index in [9.17, 15) is 19.2 Å². The predicted molar refractivity (Wildman–Crippen MR) is 122 cm³/mol. The summed E-state index contributed by atoms with van der Waals surface area (Å²) in [6.07, 6.45) is -6.44. The van der Waals surface area contributed by atoms with Crippen LogP contribution in [0.25, 0.3) is 11.0 Å². The van der Waals surface area contributed by atoms with Crippen molar-refractivity contribution in [3.63, 3.8) is 0 Å². The minimum atomic E-state index is -1.36. The van der Waals surface area contributed by atoms with Gasteiger partial charge in [-0.3, -0.25) is 19.2 Å². The molecular formula is C22H25N7O9. The molecule has 16 nitrogen and oxygen atoms in total. The van der Waals surface area contributed by atoms with E-state index in [0.29, 0.717) is 11.0 Å². The molecule has 0 bridgehead atoms. The van der Waals surface area contributed by atoms with Crippen molar-refractivity contribution in [3.05, 3.63) is 30.1 Å². The van der Waals surface area contributed by atoms with Gasteiger partial charge in [0.25, 0.3) is 0 Å². The van der Waals surface area contributed by atoms with Crippen LogP contribution in [0.1, 0.15) is 39.7 Å². The third kappa shape index (κ3) is 5.91. The summed E-state index contributed by atoms with van der Waals surface area (Å²) >= 11 is 0. The van der Waals surface area contributed by atoms with Gasteiger partial charge in [-0.05, 0) is 22.6 Å². The van der Waals surface area contributed by atoms with Gasteiger partial charge >= 0.3 is 23.9 Å². The molecule has 38 heavy (non-hydrogen) atoms. The Morgan fingerprint density at radius 2 is 1.50 bits per heavy atom. The lowest BCUT2D eigenvalue weighted by Crippen LogP contribution is -2.60. The van der Waals surface area contributed by atoms with Crippen LogP contribution >= 0.6 is 0 Å². The van der Waals surface area contributed by atoms with E-state index >= 15 is 0 Å². The first-order chi connectivity index (χ1) is 18.1. The third-order valence-electron chi connectivity index (χ3n) is 5.48. The van der Waals surface area contributed by atoms with Crippen molar-refractivity contribution in [2.24, 2.45) is 0 Å². The highest BCUT2D eigenvalue weighted by atomic mass is 16.7. The normalized spacial score (nSPS) is 23.0. The standard InChI is InChI=1S/C22H25N7O9/c1-11(30)34-10-17-19(35-12(2)31)20(36-13(3)32)21(37-14(4)33)22(38-17)29-18(24-25-27-29)9-28-16-8-6-5-7-15(16)23-26-28/h5-8,17,19-22H,9-10H2,1-4H3/t17-,19-,20+,21-,22+/m1/s1. The molecule has 0 amide bonds. The van der Waals surface area contributed by atoms with Crippen LogP contribution in [0.5, 0.6) is 0 Å². The van der Waals surface area contributed by atoms with Crippen molar-refractivity contribution in [2.45, 2.75) is 64.9 Å². The summed E-state index contributed by atoms with van der Waals surface area (Å²) in [4.78, 5) is 47.6. The molecule has 0 N–H and O–H groups in total. The van der Waals surface area contributed by atoms with E-state index in [-0.39, 0.29) is 19.0 Å². The monoisotopic (exact) mass is 531 g/mol. The van der Waals surface area contributed by atoms with Crippen LogP contribution in [-0.2, 0) is 49.4 Å². The molecule has 3 aromatic rings. The minimum Gasteiger partial charge on any atom is -0.463 e. The van der Waals surface area contributed by atoms with E-state index in [1.165, 1.54) is 11.6 Å². The van der Waals surface area contributed by atoms with Crippen molar-refractivity contribution in [3.8, 4) is 0 Å². The average Bonchev–Trinajstić information content (AvgIpc) is 3.47. The number of rotatable bonds is 8. The second-order valence-electron chi connectivity index (χ2n) is 8.37. The van der Waals surface area contributed by atoms with Gasteiger partial charge in [-0.1, -0.05) is 17.3 Å². The molecular weight excluding hydrogens is 506 g/mol. The van der Waals surface area contributed by atoms with Gasteiger partial charge in [0.1, 0.15) is 24.8 Å². The first kappa shape index (κ1) is 26.6. The van der Waals surface area contributed by atoms with Crippen LogP contribution < -0.4 is 0 Å². The smallest absolute Gasteiger partial charge is 0.303 e. The van der Waals surface area contributed by atoms with Crippen LogP contribution in [-0.4, -0.2) is 90.1 Å². The molecule has 202 valence electrons. The van der Waals surface area contributed by atoms with Gasteiger partial charge in [0.2, 0.25) is 0 Å². The van der Waals surface area contributed by atoms with Crippen LogP contribution in [0.15, 0.2) is 24.3 Å². The lowest BCUT2D eigenvalue weighted by Gasteiger charge is -2.44. The topological polar surface area (TPSA) is 189 Å². The largest absolute Gasteiger partial charge is 0.463 e. The lowest BCUT2D eigenvalue weighted by atomic mass is 9.97. The molecule has 0 unspecified atom stereocenters. The maximum absolute atomic E-state index is 12.1. The molecule has 3 heterocycles. The van der Waals surface area contributed by atoms with Crippen molar-refractivity contribution in [2.75, 3.05) is 6.61 Å². The zero-order valence-electron chi connectivity index (χ0n) is 20.9. The second-order valence-corrected chi connectivity index (χ2v) is 8.37. The average molecular weight is 531 g/mol. The molecule has 4 rings (SSSR count). The SMILES string of the molecule is CC(=O)OC[C@H]1O[C@H](n2nnnc2Cn2nnc3ccccc32)[C@H](OC(C)=O)[C@@H](OC(C)=O)[C@@H]1OC(C)=O. The van der Waals surface area contributed by atoms with Crippen molar-refractivity contribution >= 4 is 34.9 Å². The van der Waals surface area contributed by atoms with Crippen LogP contribution in [0.3, 0.4) is 0 Å². The first-order valence-electron chi connectivity index (χ1n) is 11.5. The Balaban J connectivity index is 1.75. The summed E-state index contributed by atoms with van der Waals surface area (Å²) in [7, 11) is 0. The number of ether oxygens (including phenoxy) is 5. The van der Waals surface area contributed by atoms with E-state index < -0.39 is 54.5 Å². The summed E-state index contributed by atoms with van der Waals surface area (Å²) in [5, 5.41) is 20.0. The Bertz CT molecular complexity index is 1340. The molecule has 0 spiro atoms. The number of aromatic nitrogens is 7. The third-order valence-corrected chi connectivity index (χ3v) is 5.48. The Morgan fingerprint density at radius 3 is 2.18 bits per heavy atom. The number of benzene rings is 1. The van der Waals surface area contributed by atoms with Crippen LogP contribution in [0.4, 0.5) is 0 Å². The number of fused-ring (bicyclic) bond motifs is 1. The number of nitrogens with zero attached hydrogens (tertiary/aromatic N) is 7. The predicted octanol–water partition coefficient (Wildman–Crippen LogP) is -0.278. The summed E-state index contributed by atoms with van der Waals surface area (Å²) in [5.41, 5.74) is 1.36. The van der Waals surface area contributed by atoms with Gasteiger partial charge < -0.3 is 23.7 Å². The molecule has 1 aromatic carbocycles. The van der Waals surface area contributed by atoms with Crippen molar-refractivity contribution in [1.29, 1.82) is 0 Å². The van der Waals surface area contributed by atoms with Gasteiger partial charge in [0, 0.05) is 27.7 Å². The number of carbonyl (C=O) groups is 4. The first-order valence-corrected chi connectivity index (χ1v) is 11.5. The summed E-state index contributed by atoms with van der Waals surface area (Å²) in [6, 6.07) is 7.26. The molecule has 0 aliphatic carbocycles. The fourth-order valence-electron chi connectivity index (χ4n) is 4.08. The molecule has 2 aromatic heterocycles. The maximum Gasteiger partial charge on any atom is 0.303 e. The van der Waals surface area contributed by atoms with Crippen LogP contribution in [0, 0.1) is 0 Å². The molecule has 1 aliphatic rings. The van der Waals surface area contributed by atoms with E-state index in [4.69, 9.17) is 23.7 Å². The number of hydrogen-bond acceptors (Lipinski definition) is 14. The molecule has 5 atom stereocenters. The lowest BCUT2D eigenvalue weighted by molar-refractivity contribution is -0.271. The van der Waals surface area contributed by atoms with Gasteiger partial charge in [-0.25, -0.2) is 4.68 Å². The summed E-state index contributed by atoms with van der Waals surface area (Å²) in [5.74, 6) is -2.62. The molecule has 1 aliphatic heterocycles. The van der Waals surface area contributed by atoms with E-state index in [0.717, 1.165) is 20.8 Å². The number of para-hydroxylation sites is 1. The van der Waals surface area contributed by atoms with Gasteiger partial charge in [-0.2, -0.15) is 4.68 Å². The number of hydrogen-bond donors (Lipinski definition) is 0. The zero-order valence-corrected chi connectivity index (χ0v) is 20.9. The Hall–Kier alpha value is -4.47. The van der Waals surface area contributed by atoms with Gasteiger partial charge in [0.15, 0.2) is 30.4 Å². The highest BCUT2D eigenvalue weighted by molar-refractivity contribution is 5.74. The Kier molecular flexibility index (Phi) is 7.90. The fraction of sp³-hybridized carbons (Fsp3) is 0.500. The van der Waals surface area contributed by atoms with Crippen LogP contribution in [0.2, 0.25) is 0 Å². The highest BCUT2D eigenvalue weighted by Crippen LogP contribution is 2.35. The van der Waals surface area contributed by atoms with Gasteiger partial charge in [0.05, 0.1) is 5.52 Å². The Labute approximate surface area is 215 Å². The van der Waals surface area contributed by atoms with Gasteiger partial charge in [-0.15, -0.1) is 10.2 Å².